The molecule has 1 unspecified atom stereocenters. The Morgan fingerprint density at radius 3 is 2.28 bits per heavy atom. The highest BCUT2D eigenvalue weighted by Crippen LogP contribution is 2.27. The van der Waals surface area contributed by atoms with Gasteiger partial charge in [0.15, 0.2) is 0 Å². The van der Waals surface area contributed by atoms with Crippen molar-refractivity contribution in [1.82, 2.24) is 5.43 Å². The van der Waals surface area contributed by atoms with Crippen molar-refractivity contribution >= 4 is 12.1 Å². The van der Waals surface area contributed by atoms with E-state index in [1.165, 1.54) is 12.1 Å². The van der Waals surface area contributed by atoms with Crippen molar-refractivity contribution in [2.24, 2.45) is 11.0 Å². The van der Waals surface area contributed by atoms with Gasteiger partial charge in [0.2, 0.25) is 5.91 Å². The molecular formula is C19H20F2N2O2. The topological polar surface area (TPSA) is 50.7 Å². The maximum Gasteiger partial charge on any atom is 0.387 e. The zero-order chi connectivity index (χ0) is 18.2. The molecule has 2 aromatic rings. The van der Waals surface area contributed by atoms with E-state index >= 15 is 0 Å². The van der Waals surface area contributed by atoms with E-state index in [4.69, 9.17) is 0 Å². The molecule has 0 aliphatic heterocycles. The van der Waals surface area contributed by atoms with Crippen LogP contribution in [0.15, 0.2) is 59.7 Å². The SMILES string of the molecule is CC(C)C(C(=O)N/N=C/c1ccccc1)c1ccc(OC(F)F)cc1. The Labute approximate surface area is 145 Å². The van der Waals surface area contributed by atoms with Crippen LogP contribution in [-0.2, 0) is 4.79 Å². The Hall–Kier alpha value is -2.76. The minimum atomic E-state index is -2.87. The monoisotopic (exact) mass is 346 g/mol. The summed E-state index contributed by atoms with van der Waals surface area (Å²) in [6.45, 7) is 0.950. The molecule has 4 nitrogen and oxygen atoms in total. The molecule has 2 aromatic carbocycles. The number of halogens is 2. The second kappa shape index (κ2) is 8.92. The zero-order valence-corrected chi connectivity index (χ0v) is 14.0. The first kappa shape index (κ1) is 18.6. The number of carbonyl (C=O) groups is 1. The van der Waals surface area contributed by atoms with Crippen LogP contribution < -0.4 is 10.2 Å². The lowest BCUT2D eigenvalue weighted by Gasteiger charge is -2.19. The normalized spacial score (nSPS) is 12.6. The third-order valence-corrected chi connectivity index (χ3v) is 3.60. The predicted octanol–water partition coefficient (Wildman–Crippen LogP) is 4.18. The summed E-state index contributed by atoms with van der Waals surface area (Å²) < 4.78 is 28.8. The highest BCUT2D eigenvalue weighted by atomic mass is 19.3. The number of hydrazone groups is 1. The number of carbonyl (C=O) groups excluding carboxylic acids is 1. The summed E-state index contributed by atoms with van der Waals surface area (Å²) in [6.07, 6.45) is 1.56. The van der Waals surface area contributed by atoms with Crippen molar-refractivity contribution in [1.29, 1.82) is 0 Å². The lowest BCUT2D eigenvalue weighted by atomic mass is 9.88. The van der Waals surface area contributed by atoms with Crippen LogP contribution in [0.25, 0.3) is 0 Å². The third-order valence-electron chi connectivity index (χ3n) is 3.60. The molecule has 0 saturated carbocycles. The number of benzene rings is 2. The van der Waals surface area contributed by atoms with E-state index in [1.54, 1.807) is 18.3 Å². The van der Waals surface area contributed by atoms with Gasteiger partial charge in [0, 0.05) is 0 Å². The van der Waals surface area contributed by atoms with Crippen LogP contribution >= 0.6 is 0 Å². The van der Waals surface area contributed by atoms with Crippen LogP contribution in [0.4, 0.5) is 8.78 Å². The number of nitrogens with zero attached hydrogens (tertiary/aromatic N) is 1. The summed E-state index contributed by atoms with van der Waals surface area (Å²) in [5.74, 6) is -0.643. The first-order valence-corrected chi connectivity index (χ1v) is 7.90. The molecule has 0 aromatic heterocycles. The fraction of sp³-hybridized carbons (Fsp3) is 0.263. The van der Waals surface area contributed by atoms with Crippen LogP contribution in [0.5, 0.6) is 5.75 Å². The van der Waals surface area contributed by atoms with Gasteiger partial charge in [0.1, 0.15) is 5.75 Å². The number of hydrogen-bond donors (Lipinski definition) is 1. The van der Waals surface area contributed by atoms with Gasteiger partial charge in [-0.3, -0.25) is 4.79 Å². The summed E-state index contributed by atoms with van der Waals surface area (Å²) in [7, 11) is 0. The van der Waals surface area contributed by atoms with E-state index < -0.39 is 12.5 Å². The maximum absolute atomic E-state index is 12.5. The summed E-state index contributed by atoms with van der Waals surface area (Å²) >= 11 is 0. The zero-order valence-electron chi connectivity index (χ0n) is 14.0. The number of rotatable bonds is 7. The quantitative estimate of drug-likeness (QED) is 0.604. The Bertz CT molecular complexity index is 701. The molecule has 1 atom stereocenters. The third kappa shape index (κ3) is 5.67. The Balaban J connectivity index is 2.06. The van der Waals surface area contributed by atoms with E-state index in [-0.39, 0.29) is 17.6 Å². The van der Waals surface area contributed by atoms with Gasteiger partial charge in [0.05, 0.1) is 12.1 Å². The second-order valence-electron chi connectivity index (χ2n) is 5.81. The van der Waals surface area contributed by atoms with Crippen molar-refractivity contribution in [2.45, 2.75) is 26.4 Å². The van der Waals surface area contributed by atoms with Crippen LogP contribution in [-0.4, -0.2) is 18.7 Å². The molecule has 0 fully saturated rings. The molecule has 0 aliphatic rings. The van der Waals surface area contributed by atoms with E-state index in [2.05, 4.69) is 15.3 Å². The number of hydrogen-bond acceptors (Lipinski definition) is 3. The molecule has 132 valence electrons. The van der Waals surface area contributed by atoms with Crippen LogP contribution in [0.3, 0.4) is 0 Å². The molecule has 1 amide bonds. The lowest BCUT2D eigenvalue weighted by molar-refractivity contribution is -0.123. The maximum atomic E-state index is 12.5. The van der Waals surface area contributed by atoms with Crippen LogP contribution in [0.2, 0.25) is 0 Å². The number of amides is 1. The average Bonchev–Trinajstić information content (AvgIpc) is 2.57. The first-order valence-electron chi connectivity index (χ1n) is 7.90. The van der Waals surface area contributed by atoms with Crippen molar-refractivity contribution < 1.29 is 18.3 Å². The van der Waals surface area contributed by atoms with Crippen molar-refractivity contribution in [3.05, 3.63) is 65.7 Å². The highest BCUT2D eigenvalue weighted by molar-refractivity contribution is 5.86. The second-order valence-corrected chi connectivity index (χ2v) is 5.81. The van der Waals surface area contributed by atoms with Crippen molar-refractivity contribution in [3.8, 4) is 5.75 Å². The predicted molar refractivity (Wildman–Crippen MR) is 92.8 cm³/mol. The minimum absolute atomic E-state index is 0.00814. The Kier molecular flexibility index (Phi) is 6.62. The van der Waals surface area contributed by atoms with Crippen LogP contribution in [0.1, 0.15) is 30.9 Å². The number of ether oxygens (including phenoxy) is 1. The minimum Gasteiger partial charge on any atom is -0.435 e. The van der Waals surface area contributed by atoms with Gasteiger partial charge in [-0.1, -0.05) is 56.3 Å². The van der Waals surface area contributed by atoms with Gasteiger partial charge in [-0.2, -0.15) is 13.9 Å². The molecule has 1 N–H and O–H groups in total. The van der Waals surface area contributed by atoms with Crippen molar-refractivity contribution in [2.75, 3.05) is 0 Å². The molecule has 2 rings (SSSR count). The molecule has 0 spiro atoms. The summed E-state index contributed by atoms with van der Waals surface area (Å²) in [5.41, 5.74) is 4.12. The smallest absolute Gasteiger partial charge is 0.387 e. The molecule has 0 bridgehead atoms. The number of nitrogens with one attached hydrogen (secondary N) is 1. The van der Waals surface area contributed by atoms with E-state index in [1.807, 2.05) is 44.2 Å². The fourth-order valence-corrected chi connectivity index (χ4v) is 2.47. The lowest BCUT2D eigenvalue weighted by Crippen LogP contribution is -2.28. The van der Waals surface area contributed by atoms with Gasteiger partial charge in [-0.25, -0.2) is 5.43 Å². The average molecular weight is 346 g/mol. The summed E-state index contributed by atoms with van der Waals surface area (Å²) in [5, 5.41) is 3.98. The Morgan fingerprint density at radius 1 is 1.08 bits per heavy atom. The molecule has 0 radical (unpaired) electrons. The van der Waals surface area contributed by atoms with E-state index in [9.17, 15) is 13.6 Å². The Morgan fingerprint density at radius 2 is 1.72 bits per heavy atom. The van der Waals surface area contributed by atoms with E-state index in [0.29, 0.717) is 5.56 Å². The molecule has 0 saturated heterocycles. The van der Waals surface area contributed by atoms with Crippen molar-refractivity contribution in [3.63, 3.8) is 0 Å². The molecule has 25 heavy (non-hydrogen) atoms. The number of alkyl halides is 2. The van der Waals surface area contributed by atoms with Gasteiger partial charge < -0.3 is 4.74 Å². The van der Waals surface area contributed by atoms with Gasteiger partial charge in [-0.05, 0) is 29.2 Å². The highest BCUT2D eigenvalue weighted by Gasteiger charge is 2.24. The largest absolute Gasteiger partial charge is 0.435 e. The standard InChI is InChI=1S/C19H20F2N2O2/c1-13(2)17(15-8-10-16(11-9-15)25-19(20)21)18(24)23-22-12-14-6-4-3-5-7-14/h3-13,17,19H,1-2H3,(H,23,24)/b22-12+. The molecule has 0 aliphatic carbocycles. The van der Waals surface area contributed by atoms with E-state index in [0.717, 1.165) is 5.56 Å². The molecule has 0 heterocycles. The first-order chi connectivity index (χ1) is 12.0. The van der Waals surface area contributed by atoms with Crippen LogP contribution in [0, 0.1) is 5.92 Å². The fourth-order valence-electron chi connectivity index (χ4n) is 2.47. The summed E-state index contributed by atoms with van der Waals surface area (Å²) in [6, 6.07) is 15.5. The summed E-state index contributed by atoms with van der Waals surface area (Å²) in [4.78, 5) is 12.5. The van der Waals surface area contributed by atoms with Gasteiger partial charge in [-0.15, -0.1) is 0 Å². The van der Waals surface area contributed by atoms with Gasteiger partial charge >= 0.3 is 6.61 Å². The van der Waals surface area contributed by atoms with Gasteiger partial charge in [0.25, 0.3) is 0 Å². The molecular weight excluding hydrogens is 326 g/mol. The molecule has 6 heteroatoms.